The molecular weight excluding hydrogens is 274 g/mol. The van der Waals surface area contributed by atoms with E-state index >= 15 is 0 Å². The van der Waals surface area contributed by atoms with Gasteiger partial charge in [0.25, 0.3) is 0 Å². The lowest BCUT2D eigenvalue weighted by Crippen LogP contribution is -2.15. The molecule has 0 spiro atoms. The Morgan fingerprint density at radius 2 is 1.75 bits per heavy atom. The summed E-state index contributed by atoms with van der Waals surface area (Å²) in [5.74, 6) is 1.17. The number of carbonyl (C=O) groups excluding carboxylic acids is 1. The van der Waals surface area contributed by atoms with Gasteiger partial charge in [-0.25, -0.2) is 0 Å². The van der Waals surface area contributed by atoms with Gasteiger partial charge in [0.15, 0.2) is 0 Å². The molecule has 0 atom stereocenters. The van der Waals surface area contributed by atoms with Gasteiger partial charge in [0, 0.05) is 11.6 Å². The number of nitrogens with one attached hydrogen (secondary N) is 1. The Kier molecular flexibility index (Phi) is 5.44. The largest absolute Gasteiger partial charge is 0.493 e. The van der Waals surface area contributed by atoms with Crippen molar-refractivity contribution < 1.29 is 9.53 Å². The van der Waals surface area contributed by atoms with Crippen LogP contribution in [0.25, 0.3) is 0 Å². The predicted molar refractivity (Wildman–Crippen MR) is 81.2 cm³/mol. The first-order chi connectivity index (χ1) is 9.78. The molecule has 0 aliphatic rings. The van der Waals surface area contributed by atoms with Gasteiger partial charge in [-0.15, -0.1) is 11.6 Å². The first-order valence-corrected chi connectivity index (χ1v) is 6.94. The summed E-state index contributed by atoms with van der Waals surface area (Å²) in [5, 5.41) is 2.82. The van der Waals surface area contributed by atoms with E-state index in [0.29, 0.717) is 18.9 Å². The molecule has 0 unspecified atom stereocenters. The van der Waals surface area contributed by atoms with Crippen molar-refractivity contribution in [3.8, 4) is 5.75 Å². The Bertz CT molecular complexity index is 540. The average Bonchev–Trinajstić information content (AvgIpc) is 2.49. The maximum atomic E-state index is 11.7. The monoisotopic (exact) mass is 289 g/mol. The van der Waals surface area contributed by atoms with Crippen molar-refractivity contribution in [1.29, 1.82) is 0 Å². The zero-order valence-corrected chi connectivity index (χ0v) is 11.8. The van der Waals surface area contributed by atoms with Crippen molar-refractivity contribution in [3.05, 3.63) is 60.2 Å². The van der Waals surface area contributed by atoms with Gasteiger partial charge in [0.1, 0.15) is 5.75 Å². The second kappa shape index (κ2) is 7.56. The molecule has 0 aliphatic heterocycles. The minimum Gasteiger partial charge on any atom is -0.493 e. The number of carbonyl (C=O) groups is 1. The lowest BCUT2D eigenvalue weighted by Gasteiger charge is -2.07. The number of alkyl halides is 1. The Morgan fingerprint density at radius 1 is 1.05 bits per heavy atom. The van der Waals surface area contributed by atoms with Gasteiger partial charge in [-0.05, 0) is 29.8 Å². The van der Waals surface area contributed by atoms with Crippen molar-refractivity contribution in [2.24, 2.45) is 0 Å². The molecule has 104 valence electrons. The van der Waals surface area contributed by atoms with Gasteiger partial charge >= 0.3 is 0 Å². The van der Waals surface area contributed by atoms with Crippen LogP contribution in [-0.4, -0.2) is 12.5 Å². The van der Waals surface area contributed by atoms with Crippen LogP contribution >= 0.6 is 11.6 Å². The molecule has 1 amide bonds. The molecule has 3 nitrogen and oxygen atoms in total. The zero-order chi connectivity index (χ0) is 14.2. The summed E-state index contributed by atoms with van der Waals surface area (Å²) in [4.78, 5) is 11.7. The molecule has 20 heavy (non-hydrogen) atoms. The highest BCUT2D eigenvalue weighted by molar-refractivity contribution is 6.17. The van der Waals surface area contributed by atoms with Crippen LogP contribution in [0.15, 0.2) is 54.6 Å². The Labute approximate surface area is 123 Å². The number of anilines is 1. The fourth-order valence-corrected chi connectivity index (χ4v) is 1.86. The first-order valence-electron chi connectivity index (χ1n) is 6.40. The van der Waals surface area contributed by atoms with Crippen LogP contribution < -0.4 is 10.1 Å². The summed E-state index contributed by atoms with van der Waals surface area (Å²) in [7, 11) is 0. The number of ether oxygens (including phenoxy) is 1. The van der Waals surface area contributed by atoms with E-state index in [0.717, 1.165) is 17.0 Å². The van der Waals surface area contributed by atoms with Crippen LogP contribution in [0.5, 0.6) is 5.75 Å². The Balaban J connectivity index is 1.74. The number of halogens is 1. The first kappa shape index (κ1) is 14.4. The van der Waals surface area contributed by atoms with Crippen LogP contribution in [0, 0.1) is 0 Å². The number of hydrogen-bond acceptors (Lipinski definition) is 2. The molecule has 2 aromatic carbocycles. The normalized spacial score (nSPS) is 10.1. The molecule has 0 bridgehead atoms. The number of hydrogen-bond donors (Lipinski definition) is 1. The summed E-state index contributed by atoms with van der Waals surface area (Å²) in [6.07, 6.45) is 0.312. The van der Waals surface area contributed by atoms with E-state index in [1.807, 2.05) is 54.6 Å². The highest BCUT2D eigenvalue weighted by Gasteiger charge is 2.03. The van der Waals surface area contributed by atoms with Gasteiger partial charge < -0.3 is 10.1 Å². The third kappa shape index (κ3) is 4.59. The maximum absolute atomic E-state index is 11.7. The molecule has 1 N–H and O–H groups in total. The van der Waals surface area contributed by atoms with E-state index in [9.17, 15) is 4.79 Å². The van der Waals surface area contributed by atoms with Crippen molar-refractivity contribution in [1.82, 2.24) is 0 Å². The van der Waals surface area contributed by atoms with E-state index < -0.39 is 0 Å². The van der Waals surface area contributed by atoms with Crippen molar-refractivity contribution in [2.45, 2.75) is 12.3 Å². The summed E-state index contributed by atoms with van der Waals surface area (Å²) >= 11 is 5.71. The standard InChI is InChI=1S/C16H16ClNO2/c17-12-13-6-8-14(9-7-13)18-16(19)10-11-20-15-4-2-1-3-5-15/h1-9H,10-12H2,(H,18,19). The number of rotatable bonds is 6. The molecule has 0 aromatic heterocycles. The molecule has 0 aliphatic carbocycles. The smallest absolute Gasteiger partial charge is 0.227 e. The van der Waals surface area contributed by atoms with Crippen molar-refractivity contribution in [2.75, 3.05) is 11.9 Å². The molecule has 0 saturated heterocycles. The van der Waals surface area contributed by atoms with Gasteiger partial charge in [-0.3, -0.25) is 4.79 Å². The number of para-hydroxylation sites is 1. The Hall–Kier alpha value is -2.00. The van der Waals surface area contributed by atoms with E-state index in [-0.39, 0.29) is 5.91 Å². The lowest BCUT2D eigenvalue weighted by molar-refractivity contribution is -0.116. The highest BCUT2D eigenvalue weighted by atomic mass is 35.5. The fraction of sp³-hybridized carbons (Fsp3) is 0.188. The highest BCUT2D eigenvalue weighted by Crippen LogP contribution is 2.12. The molecule has 0 heterocycles. The van der Waals surface area contributed by atoms with E-state index in [4.69, 9.17) is 16.3 Å². The lowest BCUT2D eigenvalue weighted by atomic mass is 10.2. The summed E-state index contributed by atoms with van der Waals surface area (Å²) in [5.41, 5.74) is 1.79. The SMILES string of the molecule is O=C(CCOc1ccccc1)Nc1ccc(CCl)cc1. The number of benzene rings is 2. The quantitative estimate of drug-likeness (QED) is 0.821. The van der Waals surface area contributed by atoms with E-state index in [1.165, 1.54) is 0 Å². The summed E-state index contributed by atoms with van der Waals surface area (Å²) < 4.78 is 5.47. The van der Waals surface area contributed by atoms with Crippen LogP contribution in [0.2, 0.25) is 0 Å². The van der Waals surface area contributed by atoms with Crippen LogP contribution in [0.4, 0.5) is 5.69 Å². The maximum Gasteiger partial charge on any atom is 0.227 e. The average molecular weight is 290 g/mol. The zero-order valence-electron chi connectivity index (χ0n) is 11.0. The Morgan fingerprint density at radius 3 is 2.40 bits per heavy atom. The minimum absolute atomic E-state index is 0.0699. The molecule has 2 aromatic rings. The predicted octanol–water partition coefficient (Wildman–Crippen LogP) is 3.83. The molecule has 0 fully saturated rings. The molecule has 0 saturated carbocycles. The van der Waals surface area contributed by atoms with Crippen LogP contribution in [0.1, 0.15) is 12.0 Å². The second-order valence-corrected chi connectivity index (χ2v) is 4.56. The van der Waals surface area contributed by atoms with Gasteiger partial charge in [0.2, 0.25) is 5.91 Å². The topological polar surface area (TPSA) is 38.3 Å². The molecular formula is C16H16ClNO2. The van der Waals surface area contributed by atoms with Crippen molar-refractivity contribution >= 4 is 23.2 Å². The minimum atomic E-state index is -0.0699. The third-order valence-corrected chi connectivity index (χ3v) is 3.04. The summed E-state index contributed by atoms with van der Waals surface area (Å²) in [6, 6.07) is 16.9. The molecule has 0 radical (unpaired) electrons. The van der Waals surface area contributed by atoms with Crippen LogP contribution in [0.3, 0.4) is 0 Å². The molecule has 4 heteroatoms. The third-order valence-electron chi connectivity index (χ3n) is 2.73. The van der Waals surface area contributed by atoms with Gasteiger partial charge in [-0.1, -0.05) is 30.3 Å². The van der Waals surface area contributed by atoms with Crippen LogP contribution in [-0.2, 0) is 10.7 Å². The fourth-order valence-electron chi connectivity index (χ4n) is 1.68. The number of amides is 1. The van der Waals surface area contributed by atoms with E-state index in [1.54, 1.807) is 0 Å². The second-order valence-electron chi connectivity index (χ2n) is 4.29. The summed E-state index contributed by atoms with van der Waals surface area (Å²) in [6.45, 7) is 0.357. The van der Waals surface area contributed by atoms with E-state index in [2.05, 4.69) is 5.32 Å². The molecule has 2 rings (SSSR count). The van der Waals surface area contributed by atoms with Gasteiger partial charge in [0.05, 0.1) is 13.0 Å². The van der Waals surface area contributed by atoms with Crippen molar-refractivity contribution in [3.63, 3.8) is 0 Å². The van der Waals surface area contributed by atoms with Gasteiger partial charge in [-0.2, -0.15) is 0 Å².